The summed E-state index contributed by atoms with van der Waals surface area (Å²) in [5.41, 5.74) is 3.80. The maximum atomic E-state index is 13.5. The molecule has 1 aliphatic carbocycles. The summed E-state index contributed by atoms with van der Waals surface area (Å²) in [5.74, 6) is -2.18. The minimum Gasteiger partial charge on any atom is -0.481 e. The molecule has 2 aromatic carbocycles. The summed E-state index contributed by atoms with van der Waals surface area (Å²) >= 11 is 9.62. The van der Waals surface area contributed by atoms with Crippen LogP contribution in [0.4, 0.5) is 0 Å². The molecular weight excluding hydrogens is 558 g/mol. The molecule has 3 aliphatic rings. The molecule has 0 saturated heterocycles. The standard InChI is InChI=1S/C28H21BrClN3O4/c29-18-5-3-4-17(14-18)23-15-22(32-33(23)24(34)12-13-25(35)36)27-26(16-8-10-19(30)11-9-16)20-6-1-2-7-21(20)31-28(27)37/h1-11,14,20,23H,12-13,15H2,(H,35,36). The predicted octanol–water partition coefficient (Wildman–Crippen LogP) is 5.77. The lowest BCUT2D eigenvalue weighted by Crippen LogP contribution is -2.27. The molecule has 2 heterocycles. The van der Waals surface area contributed by atoms with E-state index in [9.17, 15) is 14.4 Å². The van der Waals surface area contributed by atoms with Gasteiger partial charge in [-0.05, 0) is 47.0 Å². The summed E-state index contributed by atoms with van der Waals surface area (Å²) in [5, 5.41) is 15.6. The van der Waals surface area contributed by atoms with Crippen LogP contribution in [0.1, 0.15) is 36.4 Å². The molecule has 9 heteroatoms. The van der Waals surface area contributed by atoms with Crippen molar-refractivity contribution in [3.05, 3.63) is 99.0 Å². The Labute approximate surface area is 226 Å². The summed E-state index contributed by atoms with van der Waals surface area (Å²) in [6.45, 7) is 0. The van der Waals surface area contributed by atoms with Crippen molar-refractivity contribution in [3.8, 4) is 0 Å². The second-order valence-corrected chi connectivity index (χ2v) is 10.2. The van der Waals surface area contributed by atoms with Crippen LogP contribution in [0.5, 0.6) is 0 Å². The third-order valence-electron chi connectivity index (χ3n) is 6.42. The van der Waals surface area contributed by atoms with Crippen molar-refractivity contribution in [2.45, 2.75) is 25.3 Å². The number of carboxylic acid groups (broad SMARTS) is 1. The van der Waals surface area contributed by atoms with Crippen molar-refractivity contribution >= 4 is 62.3 Å². The van der Waals surface area contributed by atoms with Crippen LogP contribution in [0.2, 0.25) is 5.02 Å². The van der Waals surface area contributed by atoms with Crippen molar-refractivity contribution in [2.24, 2.45) is 16.0 Å². The van der Waals surface area contributed by atoms with E-state index in [1.165, 1.54) is 5.01 Å². The zero-order chi connectivity index (χ0) is 26.1. The molecule has 2 amide bonds. The van der Waals surface area contributed by atoms with Gasteiger partial charge in [0.2, 0.25) is 5.91 Å². The fourth-order valence-electron chi connectivity index (χ4n) is 4.75. The number of fused-ring (bicyclic) bond motifs is 1. The number of aliphatic imine (C=N–C) groups is 1. The van der Waals surface area contributed by atoms with Crippen LogP contribution >= 0.6 is 27.5 Å². The Bertz CT molecular complexity index is 1460. The van der Waals surface area contributed by atoms with Gasteiger partial charge in [-0.3, -0.25) is 14.4 Å². The molecule has 2 aliphatic heterocycles. The molecule has 2 aromatic rings. The molecule has 0 fully saturated rings. The van der Waals surface area contributed by atoms with Crippen LogP contribution in [0.15, 0.2) is 93.0 Å². The fourth-order valence-corrected chi connectivity index (χ4v) is 5.29. The number of hydrogen-bond acceptors (Lipinski definition) is 4. The molecular formula is C28H21BrClN3O4. The number of carboxylic acids is 1. The van der Waals surface area contributed by atoms with Gasteiger partial charge in [0.25, 0.3) is 5.91 Å². The lowest BCUT2D eigenvalue weighted by atomic mass is 9.79. The molecule has 0 radical (unpaired) electrons. The average molecular weight is 579 g/mol. The Hall–Kier alpha value is -3.62. The number of benzene rings is 2. The lowest BCUT2D eigenvalue weighted by molar-refractivity contribution is -0.141. The van der Waals surface area contributed by atoms with E-state index in [1.807, 2.05) is 60.7 Å². The number of dihydropyridines is 1. The maximum Gasteiger partial charge on any atom is 0.303 e. The SMILES string of the molecule is O=C(O)CCC(=O)N1N=C(C2=C(c3ccc(Cl)cc3)C3C=CC=CC3=NC2=O)CC1c1cccc(Br)c1. The molecule has 186 valence electrons. The van der Waals surface area contributed by atoms with E-state index in [2.05, 4.69) is 26.0 Å². The topological polar surface area (TPSA) is 99.4 Å². The van der Waals surface area contributed by atoms with Crippen LogP contribution in [0, 0.1) is 5.92 Å². The highest BCUT2D eigenvalue weighted by Gasteiger charge is 2.40. The number of hydrogen-bond donors (Lipinski definition) is 1. The van der Waals surface area contributed by atoms with Crippen molar-refractivity contribution in [1.29, 1.82) is 0 Å². The Balaban J connectivity index is 1.63. The van der Waals surface area contributed by atoms with E-state index >= 15 is 0 Å². The molecule has 2 atom stereocenters. The zero-order valence-corrected chi connectivity index (χ0v) is 21.8. The van der Waals surface area contributed by atoms with Crippen molar-refractivity contribution in [3.63, 3.8) is 0 Å². The molecule has 5 rings (SSSR count). The van der Waals surface area contributed by atoms with Gasteiger partial charge in [0.15, 0.2) is 0 Å². The van der Waals surface area contributed by atoms with Gasteiger partial charge in [-0.2, -0.15) is 5.10 Å². The Morgan fingerprint density at radius 3 is 2.62 bits per heavy atom. The van der Waals surface area contributed by atoms with Crippen molar-refractivity contribution in [1.82, 2.24) is 5.01 Å². The van der Waals surface area contributed by atoms with E-state index in [0.29, 0.717) is 22.0 Å². The first-order valence-electron chi connectivity index (χ1n) is 11.7. The third-order valence-corrected chi connectivity index (χ3v) is 7.17. The van der Waals surface area contributed by atoms with Gasteiger partial charge in [-0.15, -0.1) is 0 Å². The van der Waals surface area contributed by atoms with E-state index < -0.39 is 23.8 Å². The predicted molar refractivity (Wildman–Crippen MR) is 145 cm³/mol. The Morgan fingerprint density at radius 2 is 1.89 bits per heavy atom. The first-order chi connectivity index (χ1) is 17.8. The summed E-state index contributed by atoms with van der Waals surface area (Å²) < 4.78 is 0.833. The minimum atomic E-state index is -1.06. The molecule has 2 unspecified atom stereocenters. The molecule has 37 heavy (non-hydrogen) atoms. The van der Waals surface area contributed by atoms with Gasteiger partial charge in [-0.25, -0.2) is 10.0 Å². The van der Waals surface area contributed by atoms with Gasteiger partial charge < -0.3 is 5.11 Å². The van der Waals surface area contributed by atoms with Crippen LogP contribution < -0.4 is 0 Å². The molecule has 0 aromatic heterocycles. The van der Waals surface area contributed by atoms with Gasteiger partial charge in [0, 0.05) is 28.3 Å². The number of carbonyl (C=O) groups excluding carboxylic acids is 2. The van der Waals surface area contributed by atoms with E-state index in [-0.39, 0.29) is 25.2 Å². The normalized spacial score (nSPS) is 20.6. The van der Waals surface area contributed by atoms with Crippen molar-refractivity contribution < 1.29 is 19.5 Å². The van der Waals surface area contributed by atoms with E-state index in [0.717, 1.165) is 21.2 Å². The number of amides is 2. The lowest BCUT2D eigenvalue weighted by Gasteiger charge is -2.26. The zero-order valence-electron chi connectivity index (χ0n) is 19.5. The largest absolute Gasteiger partial charge is 0.481 e. The van der Waals surface area contributed by atoms with Gasteiger partial charge in [0.1, 0.15) is 0 Å². The first kappa shape index (κ1) is 25.0. The molecule has 0 bridgehead atoms. The van der Waals surface area contributed by atoms with Crippen molar-refractivity contribution in [2.75, 3.05) is 0 Å². The van der Waals surface area contributed by atoms with Gasteiger partial charge >= 0.3 is 5.97 Å². The number of carbonyl (C=O) groups is 3. The number of halogens is 2. The number of aliphatic carboxylic acids is 1. The average Bonchev–Trinajstić information content (AvgIpc) is 3.32. The van der Waals surface area contributed by atoms with E-state index in [4.69, 9.17) is 16.7 Å². The first-order valence-corrected chi connectivity index (χ1v) is 12.8. The number of rotatable bonds is 6. The monoisotopic (exact) mass is 577 g/mol. The number of nitrogens with zero attached hydrogens (tertiary/aromatic N) is 3. The van der Waals surface area contributed by atoms with Crippen LogP contribution in [0.3, 0.4) is 0 Å². The Morgan fingerprint density at radius 1 is 1.11 bits per heavy atom. The molecule has 0 saturated carbocycles. The highest BCUT2D eigenvalue weighted by atomic mass is 79.9. The van der Waals surface area contributed by atoms with Crippen LogP contribution in [-0.2, 0) is 14.4 Å². The highest BCUT2D eigenvalue weighted by Crippen LogP contribution is 2.41. The minimum absolute atomic E-state index is 0.202. The fraction of sp³-hybridized carbons (Fsp3) is 0.179. The van der Waals surface area contributed by atoms with Crippen LogP contribution in [-0.4, -0.2) is 39.3 Å². The number of allylic oxidation sites excluding steroid dienone is 5. The molecule has 1 N–H and O–H groups in total. The molecule has 7 nitrogen and oxygen atoms in total. The van der Waals surface area contributed by atoms with Gasteiger partial charge in [-0.1, -0.05) is 70.0 Å². The summed E-state index contributed by atoms with van der Waals surface area (Å²) in [7, 11) is 0. The maximum absolute atomic E-state index is 13.5. The summed E-state index contributed by atoms with van der Waals surface area (Å²) in [4.78, 5) is 42.1. The summed E-state index contributed by atoms with van der Waals surface area (Å²) in [6, 6.07) is 14.3. The quantitative estimate of drug-likeness (QED) is 0.470. The second kappa shape index (κ2) is 10.4. The smallest absolute Gasteiger partial charge is 0.303 e. The second-order valence-electron chi connectivity index (χ2n) is 8.81. The highest BCUT2D eigenvalue weighted by molar-refractivity contribution is 9.10. The third kappa shape index (κ3) is 5.12. The Kier molecular flexibility index (Phi) is 7.04. The van der Waals surface area contributed by atoms with Gasteiger partial charge in [0.05, 0.1) is 29.5 Å². The van der Waals surface area contributed by atoms with E-state index in [1.54, 1.807) is 12.1 Å². The number of hydrazone groups is 1. The molecule has 0 spiro atoms. The summed E-state index contributed by atoms with van der Waals surface area (Å²) in [6.07, 6.45) is 7.32. The van der Waals surface area contributed by atoms with Crippen LogP contribution in [0.25, 0.3) is 5.57 Å².